The number of rotatable bonds is 6. The van der Waals surface area contributed by atoms with Crippen LogP contribution >= 0.6 is 0 Å². The van der Waals surface area contributed by atoms with Gasteiger partial charge in [0.15, 0.2) is 0 Å². The molecule has 1 N–H and O–H groups in total. The summed E-state index contributed by atoms with van der Waals surface area (Å²) in [6, 6.07) is 0. The number of carboxylic acid groups (broad SMARTS) is 1. The fourth-order valence-electron chi connectivity index (χ4n) is 0.735. The molecule has 0 fully saturated rings. The summed E-state index contributed by atoms with van der Waals surface area (Å²) >= 11 is 0. The molecular formula is C9H15KO2. The van der Waals surface area contributed by atoms with E-state index in [9.17, 15) is 4.79 Å². The molecule has 0 rings (SSSR count). The minimum atomic E-state index is -0.867. The predicted molar refractivity (Wildman–Crippen MR) is 52.6 cm³/mol. The monoisotopic (exact) mass is 194 g/mol. The van der Waals surface area contributed by atoms with Crippen molar-refractivity contribution >= 4 is 57.4 Å². The molecular weight excluding hydrogens is 179 g/mol. The van der Waals surface area contributed by atoms with Crippen LogP contribution in [0.15, 0.2) is 24.8 Å². The molecule has 0 aliphatic rings. The summed E-state index contributed by atoms with van der Waals surface area (Å²) in [5, 5.41) is 8.21. The SMILES string of the molecule is C=CCCCCC=CC(=O)O.[KH]. The van der Waals surface area contributed by atoms with Gasteiger partial charge in [-0.3, -0.25) is 0 Å². The first-order valence-electron chi connectivity index (χ1n) is 3.77. The number of unbranched alkanes of at least 4 members (excludes halogenated alkanes) is 3. The van der Waals surface area contributed by atoms with Gasteiger partial charge in [-0.05, 0) is 25.7 Å². The van der Waals surface area contributed by atoms with Gasteiger partial charge in [-0.1, -0.05) is 12.2 Å². The van der Waals surface area contributed by atoms with Crippen molar-refractivity contribution in [2.45, 2.75) is 25.7 Å². The van der Waals surface area contributed by atoms with Crippen LogP contribution in [0.1, 0.15) is 25.7 Å². The second kappa shape index (κ2) is 11.6. The van der Waals surface area contributed by atoms with E-state index >= 15 is 0 Å². The van der Waals surface area contributed by atoms with Gasteiger partial charge >= 0.3 is 57.4 Å². The van der Waals surface area contributed by atoms with Crippen LogP contribution in [0.25, 0.3) is 0 Å². The third-order valence-corrected chi connectivity index (χ3v) is 1.29. The molecule has 0 saturated heterocycles. The van der Waals surface area contributed by atoms with Crippen LogP contribution in [0, 0.1) is 0 Å². The summed E-state index contributed by atoms with van der Waals surface area (Å²) in [5.74, 6) is -0.867. The van der Waals surface area contributed by atoms with Crippen molar-refractivity contribution in [1.82, 2.24) is 0 Å². The molecule has 0 aromatic heterocycles. The zero-order valence-corrected chi connectivity index (χ0v) is 6.62. The van der Waals surface area contributed by atoms with E-state index in [4.69, 9.17) is 5.11 Å². The number of aliphatic carboxylic acids is 1. The molecule has 0 aliphatic heterocycles. The Labute approximate surface area is 116 Å². The van der Waals surface area contributed by atoms with Gasteiger partial charge in [0.25, 0.3) is 0 Å². The summed E-state index contributed by atoms with van der Waals surface area (Å²) in [5.41, 5.74) is 0. The second-order valence-electron chi connectivity index (χ2n) is 2.31. The Bertz CT molecular complexity index is 153. The van der Waals surface area contributed by atoms with Gasteiger partial charge in [0.2, 0.25) is 0 Å². The summed E-state index contributed by atoms with van der Waals surface area (Å²) in [7, 11) is 0. The second-order valence-corrected chi connectivity index (χ2v) is 2.31. The molecule has 0 atom stereocenters. The summed E-state index contributed by atoms with van der Waals surface area (Å²) < 4.78 is 0. The molecule has 2 nitrogen and oxygen atoms in total. The first-order chi connectivity index (χ1) is 5.27. The Balaban J connectivity index is 0. The Morgan fingerprint density at radius 2 is 1.92 bits per heavy atom. The zero-order chi connectivity index (χ0) is 8.53. The Morgan fingerprint density at radius 3 is 2.42 bits per heavy atom. The van der Waals surface area contributed by atoms with Crippen LogP contribution in [0.4, 0.5) is 0 Å². The molecule has 0 aromatic carbocycles. The van der Waals surface area contributed by atoms with E-state index < -0.39 is 5.97 Å². The van der Waals surface area contributed by atoms with Crippen LogP contribution in [0.2, 0.25) is 0 Å². The van der Waals surface area contributed by atoms with Gasteiger partial charge in [0.05, 0.1) is 0 Å². The number of carboxylic acids is 1. The Hall–Kier alpha value is 0.586. The first-order valence-corrected chi connectivity index (χ1v) is 3.77. The average Bonchev–Trinajstić information content (AvgIpc) is 1.96. The van der Waals surface area contributed by atoms with Crippen molar-refractivity contribution in [3.8, 4) is 0 Å². The van der Waals surface area contributed by atoms with E-state index in [1.54, 1.807) is 6.08 Å². The predicted octanol–water partition coefficient (Wildman–Crippen LogP) is 1.73. The van der Waals surface area contributed by atoms with Crippen LogP contribution in [-0.4, -0.2) is 62.5 Å². The molecule has 0 unspecified atom stereocenters. The van der Waals surface area contributed by atoms with E-state index in [-0.39, 0.29) is 51.4 Å². The standard InChI is InChI=1S/C9H14O2.K.H/c1-2-3-4-5-6-7-8-9(10)11;;/h2,7-8H,1,3-6H2,(H,10,11);;. The summed E-state index contributed by atoms with van der Waals surface area (Å²) in [4.78, 5) is 9.99. The quantitative estimate of drug-likeness (QED) is 0.302. The van der Waals surface area contributed by atoms with Gasteiger partial charge in [-0.25, -0.2) is 4.79 Å². The topological polar surface area (TPSA) is 37.3 Å². The zero-order valence-electron chi connectivity index (χ0n) is 6.62. The molecule has 0 aromatic rings. The van der Waals surface area contributed by atoms with E-state index in [0.29, 0.717) is 0 Å². The van der Waals surface area contributed by atoms with Gasteiger partial charge < -0.3 is 5.11 Å². The van der Waals surface area contributed by atoms with Crippen molar-refractivity contribution in [1.29, 1.82) is 0 Å². The van der Waals surface area contributed by atoms with E-state index in [1.165, 1.54) is 6.08 Å². The molecule has 0 amide bonds. The number of hydrogen-bond donors (Lipinski definition) is 1. The summed E-state index contributed by atoms with van der Waals surface area (Å²) in [6.07, 6.45) is 8.74. The van der Waals surface area contributed by atoms with Crippen LogP contribution in [0.3, 0.4) is 0 Å². The molecule has 0 radical (unpaired) electrons. The van der Waals surface area contributed by atoms with Gasteiger partial charge in [-0.15, -0.1) is 6.58 Å². The van der Waals surface area contributed by atoms with E-state index in [2.05, 4.69) is 6.58 Å². The van der Waals surface area contributed by atoms with Gasteiger partial charge in [-0.2, -0.15) is 0 Å². The van der Waals surface area contributed by atoms with Crippen molar-refractivity contribution in [2.24, 2.45) is 0 Å². The van der Waals surface area contributed by atoms with Crippen molar-refractivity contribution in [3.05, 3.63) is 24.8 Å². The van der Waals surface area contributed by atoms with Crippen molar-refractivity contribution < 1.29 is 9.90 Å². The van der Waals surface area contributed by atoms with Gasteiger partial charge in [0, 0.05) is 6.08 Å². The normalized spacial score (nSPS) is 9.33. The van der Waals surface area contributed by atoms with Crippen LogP contribution in [-0.2, 0) is 4.79 Å². The van der Waals surface area contributed by atoms with Gasteiger partial charge in [0.1, 0.15) is 0 Å². The molecule has 0 bridgehead atoms. The Morgan fingerprint density at radius 1 is 1.33 bits per heavy atom. The Kier molecular flexibility index (Phi) is 14.6. The van der Waals surface area contributed by atoms with E-state index in [1.807, 2.05) is 6.08 Å². The van der Waals surface area contributed by atoms with Crippen molar-refractivity contribution in [2.75, 3.05) is 0 Å². The van der Waals surface area contributed by atoms with Crippen LogP contribution in [0.5, 0.6) is 0 Å². The molecule has 0 spiro atoms. The third-order valence-electron chi connectivity index (χ3n) is 1.29. The maximum atomic E-state index is 9.99. The first kappa shape index (κ1) is 15.1. The molecule has 12 heavy (non-hydrogen) atoms. The third kappa shape index (κ3) is 13.2. The summed E-state index contributed by atoms with van der Waals surface area (Å²) in [6.45, 7) is 3.59. The number of allylic oxidation sites excluding steroid dienone is 2. The molecule has 3 heteroatoms. The van der Waals surface area contributed by atoms with Crippen LogP contribution < -0.4 is 0 Å². The molecule has 0 aliphatic carbocycles. The average molecular weight is 194 g/mol. The molecule has 0 heterocycles. The maximum absolute atomic E-state index is 9.99. The number of hydrogen-bond acceptors (Lipinski definition) is 1. The fraction of sp³-hybridized carbons (Fsp3) is 0.444. The fourth-order valence-corrected chi connectivity index (χ4v) is 0.735. The minimum absolute atomic E-state index is 0. The number of carbonyl (C=O) groups is 1. The van der Waals surface area contributed by atoms with E-state index in [0.717, 1.165) is 25.7 Å². The van der Waals surface area contributed by atoms with Crippen molar-refractivity contribution in [3.63, 3.8) is 0 Å². The molecule has 64 valence electrons. The molecule has 0 saturated carbocycles.